The lowest BCUT2D eigenvalue weighted by atomic mass is 10.2. The van der Waals surface area contributed by atoms with Gasteiger partial charge in [0.1, 0.15) is 5.65 Å². The number of nitrogens with zero attached hydrogens (tertiary/aromatic N) is 3. The Labute approximate surface area is 129 Å². The Hall–Kier alpha value is -2.34. The number of nitrogens with two attached hydrogens (primary N) is 2. The molecule has 0 radical (unpaired) electrons. The molecule has 22 heavy (non-hydrogen) atoms. The van der Waals surface area contributed by atoms with E-state index >= 15 is 0 Å². The molecule has 6 heteroatoms. The van der Waals surface area contributed by atoms with E-state index < -0.39 is 0 Å². The predicted molar refractivity (Wildman–Crippen MR) is 84.5 cm³/mol. The summed E-state index contributed by atoms with van der Waals surface area (Å²) in [7, 11) is 0. The van der Waals surface area contributed by atoms with Gasteiger partial charge in [-0.25, -0.2) is 10.8 Å². The van der Waals surface area contributed by atoms with Gasteiger partial charge in [-0.05, 0) is 30.4 Å². The number of fused-ring (bicyclic) bond motifs is 1. The lowest BCUT2D eigenvalue weighted by Crippen LogP contribution is -2.27. The quantitative estimate of drug-likeness (QED) is 0.481. The number of aromatic nitrogens is 2. The number of hydrogen-bond donors (Lipinski definition) is 2. The molecule has 116 valence electrons. The average molecular weight is 299 g/mol. The molecule has 0 unspecified atom stereocenters. The van der Waals surface area contributed by atoms with Crippen molar-refractivity contribution in [2.45, 2.75) is 38.6 Å². The molecule has 4 N–H and O–H groups in total. The lowest BCUT2D eigenvalue weighted by molar-refractivity contribution is -0.115. The number of ketones is 1. The number of carbonyl (C=O) groups excluding carboxylic acids is 1. The van der Waals surface area contributed by atoms with Crippen LogP contribution in [0.5, 0.6) is 0 Å². The fourth-order valence-electron chi connectivity index (χ4n) is 2.48. The summed E-state index contributed by atoms with van der Waals surface area (Å²) in [5, 5.41) is 1.40. The predicted octanol–water partition coefficient (Wildman–Crippen LogP) is 1.67. The normalized spacial score (nSPS) is 15.3. The van der Waals surface area contributed by atoms with Gasteiger partial charge in [0.25, 0.3) is 0 Å². The number of Topliss-reactive ketones (excluding diaryl/α,β-unsaturated/α-hetero) is 1. The molecular formula is C16H21N5O. The maximum atomic E-state index is 11.5. The van der Waals surface area contributed by atoms with E-state index in [-0.39, 0.29) is 11.5 Å². The summed E-state index contributed by atoms with van der Waals surface area (Å²) in [6.45, 7) is 2.17. The molecule has 0 bridgehead atoms. The van der Waals surface area contributed by atoms with Crippen LogP contribution in [0, 0.1) is 0 Å². The van der Waals surface area contributed by atoms with Gasteiger partial charge in [0.05, 0.1) is 17.9 Å². The zero-order chi connectivity index (χ0) is 15.7. The molecule has 1 aliphatic carbocycles. The topological polar surface area (TPSA) is 89.7 Å². The van der Waals surface area contributed by atoms with Crippen molar-refractivity contribution in [1.82, 2.24) is 14.4 Å². The van der Waals surface area contributed by atoms with Crippen LogP contribution in [0.3, 0.4) is 0 Å². The van der Waals surface area contributed by atoms with Crippen molar-refractivity contribution in [3.05, 3.63) is 47.7 Å². The third-order valence-electron chi connectivity index (χ3n) is 3.87. The highest BCUT2D eigenvalue weighted by Crippen LogP contribution is 2.39. The van der Waals surface area contributed by atoms with Gasteiger partial charge in [0, 0.05) is 25.0 Å². The summed E-state index contributed by atoms with van der Waals surface area (Å²) in [5.74, 6) is 6.49. The van der Waals surface area contributed by atoms with Crippen molar-refractivity contribution in [2.24, 2.45) is 11.6 Å². The molecule has 0 amide bonds. The number of rotatable bonds is 6. The van der Waals surface area contributed by atoms with E-state index in [1.54, 1.807) is 6.92 Å². The van der Waals surface area contributed by atoms with Crippen LogP contribution >= 0.6 is 0 Å². The van der Waals surface area contributed by atoms with Gasteiger partial charge >= 0.3 is 0 Å². The third kappa shape index (κ3) is 3.12. The number of allylic oxidation sites excluding steroid dienone is 1. The summed E-state index contributed by atoms with van der Waals surface area (Å²) in [4.78, 5) is 16.0. The molecule has 6 nitrogen and oxygen atoms in total. The van der Waals surface area contributed by atoms with Crippen LogP contribution < -0.4 is 11.6 Å². The van der Waals surface area contributed by atoms with E-state index in [0.717, 1.165) is 11.3 Å². The van der Waals surface area contributed by atoms with Crippen molar-refractivity contribution in [3.8, 4) is 0 Å². The van der Waals surface area contributed by atoms with Crippen molar-refractivity contribution in [1.29, 1.82) is 0 Å². The van der Waals surface area contributed by atoms with Gasteiger partial charge < -0.3 is 15.1 Å². The minimum absolute atomic E-state index is 0.112. The molecule has 0 saturated heterocycles. The molecule has 1 aliphatic rings. The molecule has 1 saturated carbocycles. The summed E-state index contributed by atoms with van der Waals surface area (Å²) < 4.78 is 2.03. The Morgan fingerprint density at radius 3 is 2.91 bits per heavy atom. The highest BCUT2D eigenvalue weighted by molar-refractivity contribution is 5.93. The van der Waals surface area contributed by atoms with Gasteiger partial charge in [-0.3, -0.25) is 4.79 Å². The zero-order valence-electron chi connectivity index (χ0n) is 12.7. The van der Waals surface area contributed by atoms with E-state index in [9.17, 15) is 4.79 Å². The molecular weight excluding hydrogens is 278 g/mol. The maximum absolute atomic E-state index is 11.5. The number of hydrazine groups is 1. The van der Waals surface area contributed by atoms with Gasteiger partial charge in [0.2, 0.25) is 0 Å². The van der Waals surface area contributed by atoms with Crippen LogP contribution in [0.4, 0.5) is 0 Å². The summed E-state index contributed by atoms with van der Waals surface area (Å²) in [6.07, 6.45) is 8.49. The van der Waals surface area contributed by atoms with E-state index in [1.165, 1.54) is 29.6 Å². The molecule has 0 aromatic carbocycles. The fourth-order valence-corrected chi connectivity index (χ4v) is 2.48. The van der Waals surface area contributed by atoms with Crippen LogP contribution in [0.2, 0.25) is 0 Å². The second-order valence-electron chi connectivity index (χ2n) is 5.77. The van der Waals surface area contributed by atoms with Crippen molar-refractivity contribution in [3.63, 3.8) is 0 Å². The molecule has 3 rings (SSSR count). The lowest BCUT2D eigenvalue weighted by Gasteiger charge is -2.12. The summed E-state index contributed by atoms with van der Waals surface area (Å²) >= 11 is 0. The van der Waals surface area contributed by atoms with Crippen molar-refractivity contribution < 1.29 is 4.79 Å². The Morgan fingerprint density at radius 2 is 2.23 bits per heavy atom. The molecule has 0 atom stereocenters. The summed E-state index contributed by atoms with van der Waals surface area (Å²) in [5.41, 5.74) is 8.95. The average Bonchev–Trinajstić information content (AvgIpc) is 3.26. The molecule has 0 aliphatic heterocycles. The smallest absolute Gasteiger partial charge is 0.179 e. The van der Waals surface area contributed by atoms with Crippen LogP contribution in [-0.2, 0) is 11.3 Å². The van der Waals surface area contributed by atoms with Crippen molar-refractivity contribution >= 4 is 11.4 Å². The second-order valence-corrected chi connectivity index (χ2v) is 5.77. The molecule has 2 aromatic heterocycles. The Morgan fingerprint density at radius 1 is 1.45 bits per heavy atom. The standard InChI is InChI=1S/C16H21N5O/c1-2-15(22)14(17)10-21(18)9-13-8-20-7-12(11-3-4-11)5-6-16(20)19-13/h5-8,10-11H,2-4,9,17-18H2,1H3/b14-10-. The third-order valence-corrected chi connectivity index (χ3v) is 3.87. The van der Waals surface area contributed by atoms with Gasteiger partial charge in [0.15, 0.2) is 5.78 Å². The van der Waals surface area contributed by atoms with Crippen LogP contribution in [0.1, 0.15) is 43.4 Å². The first-order chi connectivity index (χ1) is 10.6. The van der Waals surface area contributed by atoms with Crippen molar-refractivity contribution in [2.75, 3.05) is 0 Å². The maximum Gasteiger partial charge on any atom is 0.179 e. The van der Waals surface area contributed by atoms with Gasteiger partial charge in [-0.1, -0.05) is 13.0 Å². The Kier molecular flexibility index (Phi) is 3.85. The minimum Gasteiger partial charge on any atom is -0.395 e. The minimum atomic E-state index is -0.112. The number of imidazole rings is 1. The van der Waals surface area contributed by atoms with Crippen LogP contribution in [0.15, 0.2) is 36.4 Å². The Balaban J connectivity index is 1.74. The first-order valence-corrected chi connectivity index (χ1v) is 7.56. The zero-order valence-corrected chi connectivity index (χ0v) is 12.7. The van der Waals surface area contributed by atoms with E-state index in [1.807, 2.05) is 16.7 Å². The number of pyridine rings is 1. The van der Waals surface area contributed by atoms with E-state index in [0.29, 0.717) is 18.9 Å². The molecule has 2 heterocycles. The Bertz CT molecular complexity index is 729. The summed E-state index contributed by atoms with van der Waals surface area (Å²) in [6, 6.07) is 4.17. The molecule has 1 fully saturated rings. The molecule has 0 spiro atoms. The van der Waals surface area contributed by atoms with E-state index in [2.05, 4.69) is 17.2 Å². The number of carbonyl (C=O) groups is 1. The largest absolute Gasteiger partial charge is 0.395 e. The van der Waals surface area contributed by atoms with Gasteiger partial charge in [-0.15, -0.1) is 0 Å². The second kappa shape index (κ2) is 5.81. The van der Waals surface area contributed by atoms with E-state index in [4.69, 9.17) is 11.6 Å². The SMILES string of the molecule is CCC(=O)/C(N)=C/N(N)Cc1cn2cc(C3CC3)ccc2n1. The first-order valence-electron chi connectivity index (χ1n) is 7.56. The van der Waals surface area contributed by atoms with Crippen LogP contribution in [-0.4, -0.2) is 20.2 Å². The highest BCUT2D eigenvalue weighted by Gasteiger charge is 2.23. The first kappa shape index (κ1) is 14.6. The molecule has 2 aromatic rings. The van der Waals surface area contributed by atoms with Crippen LogP contribution in [0.25, 0.3) is 5.65 Å². The highest BCUT2D eigenvalue weighted by atomic mass is 16.1. The van der Waals surface area contributed by atoms with Gasteiger partial charge in [-0.2, -0.15) is 0 Å². The monoisotopic (exact) mass is 299 g/mol. The number of hydrogen-bond acceptors (Lipinski definition) is 5. The fraction of sp³-hybridized carbons (Fsp3) is 0.375.